The fourth-order valence-corrected chi connectivity index (χ4v) is 3.77. The summed E-state index contributed by atoms with van der Waals surface area (Å²) in [4.78, 5) is 19.3. The molecule has 1 amide bonds. The summed E-state index contributed by atoms with van der Waals surface area (Å²) in [5.74, 6) is 1.61. The van der Waals surface area contributed by atoms with Gasteiger partial charge in [-0.3, -0.25) is 4.79 Å². The quantitative estimate of drug-likeness (QED) is 0.626. The monoisotopic (exact) mass is 432 g/mol. The highest BCUT2D eigenvalue weighted by atomic mass is 35.5. The van der Waals surface area contributed by atoms with Crippen LogP contribution in [0.5, 0.6) is 11.5 Å². The predicted octanol–water partition coefficient (Wildman–Crippen LogP) is 4.80. The maximum atomic E-state index is 12.7. The molecule has 7 heteroatoms. The zero-order valence-electron chi connectivity index (χ0n) is 16.8. The summed E-state index contributed by atoms with van der Waals surface area (Å²) in [7, 11) is 0. The molecule has 0 spiro atoms. The summed E-state index contributed by atoms with van der Waals surface area (Å²) in [6.45, 7) is 1.68. The molecule has 31 heavy (non-hydrogen) atoms. The van der Waals surface area contributed by atoms with Gasteiger partial charge in [-0.15, -0.1) is 0 Å². The van der Waals surface area contributed by atoms with E-state index in [2.05, 4.69) is 21.3 Å². The van der Waals surface area contributed by atoms with E-state index in [1.165, 1.54) is 0 Å². The van der Waals surface area contributed by atoms with Crippen molar-refractivity contribution >= 4 is 23.3 Å². The summed E-state index contributed by atoms with van der Waals surface area (Å²) < 4.78 is 5.77. The van der Waals surface area contributed by atoms with Crippen molar-refractivity contribution < 1.29 is 9.53 Å². The molecule has 0 unspecified atom stereocenters. The molecule has 1 aromatic heterocycles. The van der Waals surface area contributed by atoms with Gasteiger partial charge in [0.25, 0.3) is 5.91 Å². The van der Waals surface area contributed by atoms with Gasteiger partial charge in [0.1, 0.15) is 23.4 Å². The smallest absolute Gasteiger partial charge is 0.251 e. The van der Waals surface area contributed by atoms with E-state index in [1.54, 1.807) is 48.7 Å². The lowest BCUT2D eigenvalue weighted by Crippen LogP contribution is -2.44. The van der Waals surface area contributed by atoms with E-state index in [4.69, 9.17) is 16.3 Å². The standard InChI is InChI=1S/C24H21ClN4O2/c25-20-15-17(8-9-22(20)31-21-6-2-1-5-18(21)16-26)24(30)28-19-10-13-29(14-11-19)23-7-3-4-12-27-23/h1-9,12,15,19H,10-11,13-14H2,(H,28,30). The number of carbonyl (C=O) groups is 1. The van der Waals surface area contributed by atoms with Crippen LogP contribution in [0, 0.1) is 11.3 Å². The van der Waals surface area contributed by atoms with E-state index in [9.17, 15) is 10.1 Å². The number of hydrogen-bond acceptors (Lipinski definition) is 5. The highest BCUT2D eigenvalue weighted by molar-refractivity contribution is 6.32. The summed E-state index contributed by atoms with van der Waals surface area (Å²) in [6, 6.07) is 19.9. The number of anilines is 1. The number of pyridine rings is 1. The zero-order chi connectivity index (χ0) is 21.6. The minimum atomic E-state index is -0.165. The van der Waals surface area contributed by atoms with Crippen molar-refractivity contribution in [3.63, 3.8) is 0 Å². The number of piperidine rings is 1. The summed E-state index contributed by atoms with van der Waals surface area (Å²) >= 11 is 6.35. The lowest BCUT2D eigenvalue weighted by atomic mass is 10.0. The van der Waals surface area contributed by atoms with Crippen LogP contribution >= 0.6 is 11.6 Å². The Morgan fingerprint density at radius 1 is 1.10 bits per heavy atom. The highest BCUT2D eigenvalue weighted by Gasteiger charge is 2.22. The first-order chi connectivity index (χ1) is 15.1. The molecule has 1 fully saturated rings. The average Bonchev–Trinajstić information content (AvgIpc) is 2.81. The normalized spacial score (nSPS) is 14.0. The van der Waals surface area contributed by atoms with Crippen LogP contribution in [0.15, 0.2) is 66.9 Å². The van der Waals surface area contributed by atoms with Gasteiger partial charge in [0.15, 0.2) is 0 Å². The van der Waals surface area contributed by atoms with E-state index < -0.39 is 0 Å². The van der Waals surface area contributed by atoms with Crippen LogP contribution in [-0.2, 0) is 0 Å². The van der Waals surface area contributed by atoms with E-state index >= 15 is 0 Å². The van der Waals surface area contributed by atoms with Crippen molar-refractivity contribution in [3.05, 3.63) is 83.0 Å². The summed E-state index contributed by atoms with van der Waals surface area (Å²) in [5, 5.41) is 12.6. The van der Waals surface area contributed by atoms with Crippen LogP contribution in [0.4, 0.5) is 5.82 Å². The average molecular weight is 433 g/mol. The molecule has 156 valence electrons. The lowest BCUT2D eigenvalue weighted by molar-refractivity contribution is 0.0931. The molecular weight excluding hydrogens is 412 g/mol. The Bertz CT molecular complexity index is 1110. The minimum Gasteiger partial charge on any atom is -0.454 e. The number of nitrogens with zero attached hydrogens (tertiary/aromatic N) is 3. The Kier molecular flexibility index (Phi) is 6.34. The molecule has 0 aliphatic carbocycles. The molecule has 1 N–H and O–H groups in total. The molecular formula is C24H21ClN4O2. The second kappa shape index (κ2) is 9.50. The first-order valence-electron chi connectivity index (χ1n) is 10.1. The third-order valence-corrected chi connectivity index (χ3v) is 5.52. The number of rotatable bonds is 5. The molecule has 0 radical (unpaired) electrons. The Balaban J connectivity index is 1.36. The Morgan fingerprint density at radius 2 is 1.87 bits per heavy atom. The fourth-order valence-electron chi connectivity index (χ4n) is 3.55. The number of hydrogen-bond donors (Lipinski definition) is 1. The third kappa shape index (κ3) is 4.96. The molecule has 4 rings (SSSR count). The number of para-hydroxylation sites is 1. The van der Waals surface area contributed by atoms with E-state index in [0.717, 1.165) is 31.7 Å². The van der Waals surface area contributed by atoms with Crippen LogP contribution in [0.25, 0.3) is 0 Å². The first-order valence-corrected chi connectivity index (χ1v) is 10.5. The van der Waals surface area contributed by atoms with Gasteiger partial charge >= 0.3 is 0 Å². The SMILES string of the molecule is N#Cc1ccccc1Oc1ccc(C(=O)NC2CCN(c3ccccn3)CC2)cc1Cl. The van der Waals surface area contributed by atoms with Crippen molar-refractivity contribution in [3.8, 4) is 17.6 Å². The van der Waals surface area contributed by atoms with Crippen molar-refractivity contribution in [2.24, 2.45) is 0 Å². The Morgan fingerprint density at radius 3 is 2.58 bits per heavy atom. The van der Waals surface area contributed by atoms with Crippen LogP contribution in [-0.4, -0.2) is 30.0 Å². The van der Waals surface area contributed by atoms with Crippen molar-refractivity contribution in [1.82, 2.24) is 10.3 Å². The van der Waals surface area contributed by atoms with Gasteiger partial charge in [0.05, 0.1) is 10.6 Å². The van der Waals surface area contributed by atoms with Gasteiger partial charge in [-0.2, -0.15) is 5.26 Å². The topological polar surface area (TPSA) is 78.2 Å². The number of carbonyl (C=O) groups excluding carboxylic acids is 1. The molecule has 1 aliphatic heterocycles. The van der Waals surface area contributed by atoms with E-state index in [-0.39, 0.29) is 11.9 Å². The largest absolute Gasteiger partial charge is 0.454 e. The molecule has 6 nitrogen and oxygen atoms in total. The molecule has 0 bridgehead atoms. The van der Waals surface area contributed by atoms with Crippen LogP contribution in [0.2, 0.25) is 5.02 Å². The van der Waals surface area contributed by atoms with Gasteiger partial charge in [0.2, 0.25) is 0 Å². The van der Waals surface area contributed by atoms with Gasteiger partial charge < -0.3 is 15.0 Å². The first kappa shape index (κ1) is 20.7. The molecule has 1 aliphatic rings. The molecule has 1 saturated heterocycles. The minimum absolute atomic E-state index is 0.102. The summed E-state index contributed by atoms with van der Waals surface area (Å²) in [6.07, 6.45) is 3.49. The fraction of sp³-hybridized carbons (Fsp3) is 0.208. The number of amides is 1. The van der Waals surface area contributed by atoms with Gasteiger partial charge in [-0.05, 0) is 55.3 Å². The van der Waals surface area contributed by atoms with Crippen LogP contribution in [0.3, 0.4) is 0 Å². The Labute approximate surface area is 186 Å². The second-order valence-corrected chi connectivity index (χ2v) is 7.69. The van der Waals surface area contributed by atoms with Crippen LogP contribution < -0.4 is 15.0 Å². The molecule has 0 saturated carbocycles. The van der Waals surface area contributed by atoms with Crippen LogP contribution in [0.1, 0.15) is 28.8 Å². The van der Waals surface area contributed by atoms with Crippen molar-refractivity contribution in [2.45, 2.75) is 18.9 Å². The molecule has 2 aromatic carbocycles. The van der Waals surface area contributed by atoms with E-state index in [0.29, 0.717) is 27.6 Å². The molecule has 3 aromatic rings. The molecule has 0 atom stereocenters. The lowest BCUT2D eigenvalue weighted by Gasteiger charge is -2.33. The van der Waals surface area contributed by atoms with Gasteiger partial charge in [-0.25, -0.2) is 4.98 Å². The van der Waals surface area contributed by atoms with E-state index in [1.807, 2.05) is 18.2 Å². The third-order valence-electron chi connectivity index (χ3n) is 5.22. The molecule has 2 heterocycles. The van der Waals surface area contributed by atoms with Gasteiger partial charge in [-0.1, -0.05) is 29.8 Å². The highest BCUT2D eigenvalue weighted by Crippen LogP contribution is 2.32. The number of aromatic nitrogens is 1. The Hall–Kier alpha value is -3.56. The maximum absolute atomic E-state index is 12.7. The number of ether oxygens (including phenoxy) is 1. The van der Waals surface area contributed by atoms with Crippen molar-refractivity contribution in [1.29, 1.82) is 5.26 Å². The maximum Gasteiger partial charge on any atom is 0.251 e. The number of halogens is 1. The van der Waals surface area contributed by atoms with Crippen molar-refractivity contribution in [2.75, 3.05) is 18.0 Å². The predicted molar refractivity (Wildman–Crippen MR) is 120 cm³/mol. The zero-order valence-corrected chi connectivity index (χ0v) is 17.5. The second-order valence-electron chi connectivity index (χ2n) is 7.28. The summed E-state index contributed by atoms with van der Waals surface area (Å²) in [5.41, 5.74) is 0.885. The number of nitrogens with one attached hydrogen (secondary N) is 1. The number of benzene rings is 2. The van der Waals surface area contributed by atoms with Gasteiger partial charge in [0, 0.05) is 30.9 Å². The number of nitriles is 1.